The van der Waals surface area contributed by atoms with Gasteiger partial charge in [-0.1, -0.05) is 6.07 Å². The van der Waals surface area contributed by atoms with Gasteiger partial charge in [-0.15, -0.1) is 0 Å². The Balaban J connectivity index is 2.04. The molecule has 0 spiro atoms. The Morgan fingerprint density at radius 1 is 1.45 bits per heavy atom. The monoisotopic (exact) mass is 279 g/mol. The molecule has 0 amide bonds. The van der Waals surface area contributed by atoms with Gasteiger partial charge in [0.25, 0.3) is 0 Å². The van der Waals surface area contributed by atoms with E-state index in [9.17, 15) is 0 Å². The van der Waals surface area contributed by atoms with E-state index in [0.29, 0.717) is 6.61 Å². The highest BCUT2D eigenvalue weighted by atomic mass is 16.6. The third kappa shape index (κ3) is 3.64. The minimum atomic E-state index is -0.0724. The first kappa shape index (κ1) is 15.1. The van der Waals surface area contributed by atoms with E-state index in [0.717, 1.165) is 29.9 Å². The molecule has 2 N–H and O–H groups in total. The third-order valence-corrected chi connectivity index (χ3v) is 3.69. The molecule has 1 saturated heterocycles. The number of nitrogens with two attached hydrogens (primary N) is 1. The molecule has 2 rings (SSSR count). The normalized spacial score (nSPS) is 22.6. The van der Waals surface area contributed by atoms with Crippen molar-refractivity contribution in [1.82, 2.24) is 0 Å². The molecule has 1 unspecified atom stereocenters. The second kappa shape index (κ2) is 6.02. The average Bonchev–Trinajstić information content (AvgIpc) is 2.75. The quantitative estimate of drug-likeness (QED) is 0.900. The van der Waals surface area contributed by atoms with E-state index in [-0.39, 0.29) is 17.7 Å². The summed E-state index contributed by atoms with van der Waals surface area (Å²) < 4.78 is 17.1. The fourth-order valence-corrected chi connectivity index (χ4v) is 2.52. The van der Waals surface area contributed by atoms with Gasteiger partial charge in [0.05, 0.1) is 18.8 Å². The topological polar surface area (TPSA) is 53.7 Å². The summed E-state index contributed by atoms with van der Waals surface area (Å²) in [5.74, 6) is 1.56. The van der Waals surface area contributed by atoms with Gasteiger partial charge in [0.1, 0.15) is 18.1 Å². The van der Waals surface area contributed by atoms with Crippen LogP contribution in [0.4, 0.5) is 0 Å². The lowest BCUT2D eigenvalue weighted by Crippen LogP contribution is -2.24. The smallest absolute Gasteiger partial charge is 0.127 e. The van der Waals surface area contributed by atoms with Gasteiger partial charge in [-0.05, 0) is 39.7 Å². The van der Waals surface area contributed by atoms with Gasteiger partial charge in [-0.25, -0.2) is 0 Å². The van der Waals surface area contributed by atoms with Crippen molar-refractivity contribution in [1.29, 1.82) is 0 Å². The number of rotatable bonds is 5. The van der Waals surface area contributed by atoms with Gasteiger partial charge < -0.3 is 19.9 Å². The lowest BCUT2D eigenvalue weighted by molar-refractivity contribution is -0.0328. The molecule has 20 heavy (non-hydrogen) atoms. The summed E-state index contributed by atoms with van der Waals surface area (Å²) in [6, 6.07) is 5.68. The molecular weight excluding hydrogens is 254 g/mol. The Bertz CT molecular complexity index is 457. The van der Waals surface area contributed by atoms with Crippen LogP contribution in [0.25, 0.3) is 0 Å². The third-order valence-electron chi connectivity index (χ3n) is 3.69. The van der Waals surface area contributed by atoms with Crippen molar-refractivity contribution in [2.75, 3.05) is 13.7 Å². The van der Waals surface area contributed by atoms with Crippen LogP contribution in [0.3, 0.4) is 0 Å². The molecule has 1 heterocycles. The van der Waals surface area contributed by atoms with Gasteiger partial charge in [0.2, 0.25) is 0 Å². The first-order valence-electron chi connectivity index (χ1n) is 7.15. The predicted molar refractivity (Wildman–Crippen MR) is 79.3 cm³/mol. The maximum Gasteiger partial charge on any atom is 0.127 e. The maximum absolute atomic E-state index is 5.98. The van der Waals surface area contributed by atoms with Crippen molar-refractivity contribution in [3.05, 3.63) is 23.8 Å². The van der Waals surface area contributed by atoms with Crippen LogP contribution >= 0.6 is 0 Å². The van der Waals surface area contributed by atoms with Crippen LogP contribution in [0.1, 0.15) is 45.2 Å². The van der Waals surface area contributed by atoms with E-state index in [1.54, 1.807) is 7.11 Å². The molecule has 0 aliphatic carbocycles. The molecule has 1 fully saturated rings. The lowest BCUT2D eigenvalue weighted by Gasteiger charge is -2.21. The Morgan fingerprint density at radius 3 is 2.75 bits per heavy atom. The Kier molecular flexibility index (Phi) is 4.55. The molecule has 4 nitrogen and oxygen atoms in total. The molecule has 1 aliphatic heterocycles. The van der Waals surface area contributed by atoms with Crippen LogP contribution in [0, 0.1) is 0 Å². The van der Waals surface area contributed by atoms with Crippen LogP contribution in [0.5, 0.6) is 11.5 Å². The molecule has 4 heteroatoms. The Hall–Kier alpha value is -1.26. The van der Waals surface area contributed by atoms with Gasteiger partial charge >= 0.3 is 0 Å². The predicted octanol–water partition coefficient (Wildman–Crippen LogP) is 3.05. The first-order chi connectivity index (χ1) is 9.41. The van der Waals surface area contributed by atoms with Gasteiger partial charge in [0.15, 0.2) is 0 Å². The van der Waals surface area contributed by atoms with Crippen molar-refractivity contribution in [2.24, 2.45) is 5.73 Å². The zero-order valence-corrected chi connectivity index (χ0v) is 12.8. The molecule has 0 radical (unpaired) electrons. The molecule has 1 aliphatic rings. The van der Waals surface area contributed by atoms with Crippen molar-refractivity contribution in [3.8, 4) is 11.5 Å². The van der Waals surface area contributed by atoms with Crippen LogP contribution < -0.4 is 15.2 Å². The van der Waals surface area contributed by atoms with Crippen molar-refractivity contribution < 1.29 is 14.2 Å². The highest BCUT2D eigenvalue weighted by molar-refractivity contribution is 5.42. The summed E-state index contributed by atoms with van der Waals surface area (Å²) in [5.41, 5.74) is 6.93. The molecule has 0 aromatic heterocycles. The van der Waals surface area contributed by atoms with E-state index in [1.807, 2.05) is 25.1 Å². The number of hydrogen-bond donors (Lipinski definition) is 1. The van der Waals surface area contributed by atoms with Gasteiger partial charge in [0, 0.05) is 17.7 Å². The van der Waals surface area contributed by atoms with Crippen LogP contribution in [0.2, 0.25) is 0 Å². The molecule has 1 aromatic carbocycles. The van der Waals surface area contributed by atoms with Crippen LogP contribution in [-0.4, -0.2) is 25.4 Å². The molecule has 2 atom stereocenters. The van der Waals surface area contributed by atoms with E-state index in [4.69, 9.17) is 19.9 Å². The minimum Gasteiger partial charge on any atom is -0.497 e. The SMILES string of the molecule is COc1ccc([C@@H](C)N)c(OCC2CCC(C)(C)O2)c1. The second-order valence-electron chi connectivity index (χ2n) is 6.04. The van der Waals surface area contributed by atoms with E-state index >= 15 is 0 Å². The van der Waals surface area contributed by atoms with E-state index < -0.39 is 0 Å². The lowest BCUT2D eigenvalue weighted by atomic mass is 10.1. The number of hydrogen-bond acceptors (Lipinski definition) is 4. The van der Waals surface area contributed by atoms with Crippen LogP contribution in [0.15, 0.2) is 18.2 Å². The minimum absolute atomic E-state index is 0.0353. The highest BCUT2D eigenvalue weighted by Crippen LogP contribution is 2.32. The molecule has 0 bridgehead atoms. The van der Waals surface area contributed by atoms with Crippen molar-refractivity contribution >= 4 is 0 Å². The molecule has 1 aromatic rings. The summed E-state index contributed by atoms with van der Waals surface area (Å²) in [6.45, 7) is 6.73. The second-order valence-corrected chi connectivity index (χ2v) is 6.04. The summed E-state index contributed by atoms with van der Waals surface area (Å²) in [7, 11) is 1.65. The van der Waals surface area contributed by atoms with Gasteiger partial charge in [-0.3, -0.25) is 0 Å². The molecule has 112 valence electrons. The largest absolute Gasteiger partial charge is 0.497 e. The molecule has 0 saturated carbocycles. The van der Waals surface area contributed by atoms with Crippen molar-refractivity contribution in [3.63, 3.8) is 0 Å². The Labute approximate surface area is 121 Å². The standard InChI is InChI=1S/C16H25NO3/c1-11(17)14-6-5-12(18-4)9-15(14)19-10-13-7-8-16(2,3)20-13/h5-6,9,11,13H,7-8,10,17H2,1-4H3/t11-,13?/m1/s1. The van der Waals surface area contributed by atoms with E-state index in [1.165, 1.54) is 0 Å². The fraction of sp³-hybridized carbons (Fsp3) is 0.625. The Morgan fingerprint density at radius 2 is 2.20 bits per heavy atom. The van der Waals surface area contributed by atoms with E-state index in [2.05, 4.69) is 13.8 Å². The number of benzene rings is 1. The maximum atomic E-state index is 5.98. The zero-order chi connectivity index (χ0) is 14.8. The molecular formula is C16H25NO3. The fourth-order valence-electron chi connectivity index (χ4n) is 2.52. The zero-order valence-electron chi connectivity index (χ0n) is 12.8. The average molecular weight is 279 g/mol. The summed E-state index contributed by atoms with van der Waals surface area (Å²) in [5, 5.41) is 0. The number of ether oxygens (including phenoxy) is 3. The summed E-state index contributed by atoms with van der Waals surface area (Å²) >= 11 is 0. The van der Waals surface area contributed by atoms with Crippen LogP contribution in [-0.2, 0) is 4.74 Å². The summed E-state index contributed by atoms with van der Waals surface area (Å²) in [6.07, 6.45) is 2.25. The summed E-state index contributed by atoms with van der Waals surface area (Å²) in [4.78, 5) is 0. The number of methoxy groups -OCH3 is 1. The van der Waals surface area contributed by atoms with Crippen molar-refractivity contribution in [2.45, 2.75) is 51.4 Å². The highest BCUT2D eigenvalue weighted by Gasteiger charge is 2.32. The van der Waals surface area contributed by atoms with Gasteiger partial charge in [-0.2, -0.15) is 0 Å². The first-order valence-corrected chi connectivity index (χ1v) is 7.15.